The molecule has 5 heteroatoms. The van der Waals surface area contributed by atoms with Crippen molar-refractivity contribution >= 4 is 28.4 Å². The van der Waals surface area contributed by atoms with Gasteiger partial charge in [0.25, 0.3) is 0 Å². The van der Waals surface area contributed by atoms with Gasteiger partial charge in [0.1, 0.15) is 11.6 Å². The van der Waals surface area contributed by atoms with Gasteiger partial charge in [-0.25, -0.2) is 9.97 Å². The van der Waals surface area contributed by atoms with Gasteiger partial charge in [0.15, 0.2) is 5.82 Å². The van der Waals surface area contributed by atoms with Gasteiger partial charge in [0.05, 0.1) is 10.7 Å². The van der Waals surface area contributed by atoms with Gasteiger partial charge in [-0.3, -0.25) is 0 Å². The number of aromatic nitrogens is 2. The van der Waals surface area contributed by atoms with Gasteiger partial charge in [0.2, 0.25) is 0 Å². The van der Waals surface area contributed by atoms with E-state index < -0.39 is 0 Å². The zero-order chi connectivity index (χ0) is 13.7. The lowest BCUT2D eigenvalue weighted by Gasteiger charge is -2.08. The summed E-state index contributed by atoms with van der Waals surface area (Å²) in [7, 11) is 1.65. The Morgan fingerprint density at radius 3 is 2.95 bits per heavy atom. The molecule has 0 saturated heterocycles. The maximum atomic E-state index is 5.22. The first-order chi connectivity index (χ1) is 9.24. The van der Waals surface area contributed by atoms with Gasteiger partial charge in [-0.2, -0.15) is 0 Å². The standard InChI is InChI=1S/C14H16IN3O/c1-3-7-16-14-12(15)9-17-13(18-14)10-5-4-6-11(8-10)19-2/h4-6,8-9H,3,7H2,1-2H3,(H,16,17,18). The Balaban J connectivity index is 2.33. The lowest BCUT2D eigenvalue weighted by molar-refractivity contribution is 0.415. The van der Waals surface area contributed by atoms with Crippen molar-refractivity contribution in [1.82, 2.24) is 9.97 Å². The SMILES string of the molecule is CCCNc1nc(-c2cccc(OC)c2)ncc1I. The number of ether oxygens (including phenoxy) is 1. The minimum atomic E-state index is 0.706. The van der Waals surface area contributed by atoms with Crippen LogP contribution in [0.5, 0.6) is 5.75 Å². The lowest BCUT2D eigenvalue weighted by atomic mass is 10.2. The largest absolute Gasteiger partial charge is 0.497 e. The normalized spacial score (nSPS) is 10.3. The predicted octanol–water partition coefficient (Wildman–Crippen LogP) is 3.58. The van der Waals surface area contributed by atoms with Crippen LogP contribution in [-0.4, -0.2) is 23.6 Å². The van der Waals surface area contributed by atoms with Crippen LogP contribution >= 0.6 is 22.6 Å². The Bertz CT molecular complexity index is 560. The second kappa shape index (κ2) is 6.70. The van der Waals surface area contributed by atoms with Gasteiger partial charge in [-0.15, -0.1) is 0 Å². The second-order valence-electron chi connectivity index (χ2n) is 4.05. The van der Waals surface area contributed by atoms with Crippen molar-refractivity contribution in [3.63, 3.8) is 0 Å². The number of hydrogen-bond acceptors (Lipinski definition) is 4. The molecule has 1 aromatic heterocycles. The van der Waals surface area contributed by atoms with Gasteiger partial charge in [-0.05, 0) is 41.1 Å². The van der Waals surface area contributed by atoms with E-state index in [-0.39, 0.29) is 0 Å². The zero-order valence-electron chi connectivity index (χ0n) is 11.0. The summed E-state index contributed by atoms with van der Waals surface area (Å²) in [5.74, 6) is 2.40. The summed E-state index contributed by atoms with van der Waals surface area (Å²) in [5, 5.41) is 3.31. The van der Waals surface area contributed by atoms with Crippen molar-refractivity contribution in [3.8, 4) is 17.1 Å². The maximum absolute atomic E-state index is 5.22. The third-order valence-electron chi connectivity index (χ3n) is 2.61. The molecule has 0 aliphatic heterocycles. The summed E-state index contributed by atoms with van der Waals surface area (Å²) in [6.45, 7) is 3.04. The number of rotatable bonds is 5. The first kappa shape index (κ1) is 14.0. The molecular formula is C14H16IN3O. The fourth-order valence-electron chi connectivity index (χ4n) is 1.64. The molecule has 0 spiro atoms. The van der Waals surface area contributed by atoms with Crippen LogP contribution in [0.1, 0.15) is 13.3 Å². The van der Waals surface area contributed by atoms with Crippen LogP contribution in [-0.2, 0) is 0 Å². The minimum absolute atomic E-state index is 0.706. The van der Waals surface area contributed by atoms with Crippen LogP contribution in [0.4, 0.5) is 5.82 Å². The minimum Gasteiger partial charge on any atom is -0.497 e. The van der Waals surface area contributed by atoms with E-state index in [2.05, 4.69) is 44.8 Å². The van der Waals surface area contributed by atoms with E-state index in [0.29, 0.717) is 5.82 Å². The smallest absolute Gasteiger partial charge is 0.161 e. The van der Waals surface area contributed by atoms with E-state index in [1.54, 1.807) is 7.11 Å². The number of anilines is 1. The molecule has 1 aromatic carbocycles. The molecule has 0 amide bonds. The second-order valence-corrected chi connectivity index (χ2v) is 5.21. The average molecular weight is 369 g/mol. The molecule has 0 aliphatic rings. The fraction of sp³-hybridized carbons (Fsp3) is 0.286. The molecule has 0 saturated carbocycles. The van der Waals surface area contributed by atoms with Gasteiger partial charge >= 0.3 is 0 Å². The fourth-order valence-corrected chi connectivity index (χ4v) is 2.09. The number of nitrogens with one attached hydrogen (secondary N) is 1. The Morgan fingerprint density at radius 2 is 2.21 bits per heavy atom. The summed E-state index contributed by atoms with van der Waals surface area (Å²) in [6.07, 6.45) is 2.90. The number of methoxy groups -OCH3 is 1. The third kappa shape index (κ3) is 3.56. The molecule has 1 N–H and O–H groups in total. The number of hydrogen-bond donors (Lipinski definition) is 1. The molecule has 0 bridgehead atoms. The number of halogens is 1. The highest BCUT2D eigenvalue weighted by Gasteiger charge is 2.07. The summed E-state index contributed by atoms with van der Waals surface area (Å²) in [5.41, 5.74) is 0.954. The molecule has 2 aromatic rings. The van der Waals surface area contributed by atoms with Gasteiger partial charge in [0, 0.05) is 18.3 Å². The average Bonchev–Trinajstić information content (AvgIpc) is 2.46. The van der Waals surface area contributed by atoms with Crippen molar-refractivity contribution < 1.29 is 4.74 Å². The monoisotopic (exact) mass is 369 g/mol. The van der Waals surface area contributed by atoms with Crippen molar-refractivity contribution in [2.24, 2.45) is 0 Å². The first-order valence-electron chi connectivity index (χ1n) is 6.15. The van der Waals surface area contributed by atoms with Crippen LogP contribution in [0.2, 0.25) is 0 Å². The summed E-state index contributed by atoms with van der Waals surface area (Å²) in [4.78, 5) is 8.95. The summed E-state index contributed by atoms with van der Waals surface area (Å²) < 4.78 is 6.25. The molecule has 2 rings (SSSR count). The van der Waals surface area contributed by atoms with Crippen molar-refractivity contribution in [3.05, 3.63) is 34.0 Å². The van der Waals surface area contributed by atoms with Crippen LogP contribution < -0.4 is 10.1 Å². The molecule has 19 heavy (non-hydrogen) atoms. The summed E-state index contributed by atoms with van der Waals surface area (Å²) in [6, 6.07) is 7.77. The molecule has 0 radical (unpaired) electrons. The maximum Gasteiger partial charge on any atom is 0.161 e. The van der Waals surface area contributed by atoms with Gasteiger partial charge in [-0.1, -0.05) is 19.1 Å². The number of benzene rings is 1. The Kier molecular flexibility index (Phi) is 4.95. The van der Waals surface area contributed by atoms with Crippen LogP contribution in [0, 0.1) is 3.57 Å². The molecule has 0 aliphatic carbocycles. The van der Waals surface area contributed by atoms with Crippen molar-refractivity contribution in [1.29, 1.82) is 0 Å². The predicted molar refractivity (Wildman–Crippen MR) is 85.5 cm³/mol. The van der Waals surface area contributed by atoms with E-state index in [1.807, 2.05) is 30.5 Å². The highest BCUT2D eigenvalue weighted by Crippen LogP contribution is 2.23. The molecule has 0 fully saturated rings. The van der Waals surface area contributed by atoms with E-state index >= 15 is 0 Å². The van der Waals surface area contributed by atoms with Crippen molar-refractivity contribution in [2.75, 3.05) is 19.0 Å². The molecular weight excluding hydrogens is 353 g/mol. The van der Waals surface area contributed by atoms with E-state index in [0.717, 1.165) is 33.7 Å². The van der Waals surface area contributed by atoms with Crippen LogP contribution in [0.25, 0.3) is 11.4 Å². The summed E-state index contributed by atoms with van der Waals surface area (Å²) >= 11 is 2.24. The molecule has 0 unspecified atom stereocenters. The first-order valence-corrected chi connectivity index (χ1v) is 7.23. The Hall–Kier alpha value is -1.37. The topological polar surface area (TPSA) is 47.0 Å². The van der Waals surface area contributed by atoms with E-state index in [1.165, 1.54) is 0 Å². The van der Waals surface area contributed by atoms with E-state index in [4.69, 9.17) is 4.74 Å². The van der Waals surface area contributed by atoms with E-state index in [9.17, 15) is 0 Å². The van der Waals surface area contributed by atoms with Crippen LogP contribution in [0.15, 0.2) is 30.5 Å². The zero-order valence-corrected chi connectivity index (χ0v) is 13.1. The number of nitrogens with zero attached hydrogens (tertiary/aromatic N) is 2. The lowest BCUT2D eigenvalue weighted by Crippen LogP contribution is -2.05. The highest BCUT2D eigenvalue weighted by atomic mass is 127. The Labute approximate surface area is 126 Å². The highest BCUT2D eigenvalue weighted by molar-refractivity contribution is 14.1. The molecule has 100 valence electrons. The molecule has 1 heterocycles. The van der Waals surface area contributed by atoms with Gasteiger partial charge < -0.3 is 10.1 Å². The quantitative estimate of drug-likeness (QED) is 0.819. The molecule has 4 nitrogen and oxygen atoms in total. The Morgan fingerprint density at radius 1 is 1.37 bits per heavy atom. The van der Waals surface area contributed by atoms with Crippen LogP contribution in [0.3, 0.4) is 0 Å². The third-order valence-corrected chi connectivity index (χ3v) is 3.40. The molecule has 0 atom stereocenters. The van der Waals surface area contributed by atoms with Crippen molar-refractivity contribution in [2.45, 2.75) is 13.3 Å².